The first-order valence-electron chi connectivity index (χ1n) is 4.91. The van der Waals surface area contributed by atoms with Gasteiger partial charge < -0.3 is 5.73 Å². The van der Waals surface area contributed by atoms with Gasteiger partial charge in [0.1, 0.15) is 0 Å². The normalized spacial score (nSPS) is 12.8. The molecule has 0 aromatic rings. The summed E-state index contributed by atoms with van der Waals surface area (Å²) in [6.45, 7) is 8.08. The molecule has 1 unspecified atom stereocenters. The maximum absolute atomic E-state index is 5.93. The maximum atomic E-state index is 5.93. The van der Waals surface area contributed by atoms with Crippen LogP contribution in [-0.2, 0) is 0 Å². The third-order valence-electron chi connectivity index (χ3n) is 2.23. The Balaban J connectivity index is 3.55. The second kappa shape index (κ2) is 6.94. The quantitative estimate of drug-likeness (QED) is 0.650. The Hall–Kier alpha value is -0.520. The zero-order chi connectivity index (χ0) is 10.3. The number of hydrogen-bond donors (Lipinski definition) is 1. The van der Waals surface area contributed by atoms with Gasteiger partial charge >= 0.3 is 0 Å². The van der Waals surface area contributed by atoms with E-state index in [1.54, 1.807) is 0 Å². The van der Waals surface area contributed by atoms with Crippen LogP contribution < -0.4 is 5.73 Å². The van der Waals surface area contributed by atoms with E-state index < -0.39 is 0 Å². The third kappa shape index (κ3) is 6.62. The van der Waals surface area contributed by atoms with Crippen LogP contribution >= 0.6 is 0 Å². The van der Waals surface area contributed by atoms with Gasteiger partial charge in [0.05, 0.1) is 6.54 Å². The number of hydrogen-bond acceptors (Lipinski definition) is 2. The molecule has 2 heteroatoms. The van der Waals surface area contributed by atoms with Gasteiger partial charge in [-0.1, -0.05) is 19.8 Å². The predicted octanol–water partition coefficient (Wildman–Crippen LogP) is 1.31. The molecule has 2 nitrogen and oxygen atoms in total. The Morgan fingerprint density at radius 2 is 2.00 bits per heavy atom. The van der Waals surface area contributed by atoms with Crippen molar-refractivity contribution in [3.8, 4) is 11.8 Å². The van der Waals surface area contributed by atoms with Crippen LogP contribution in [0.15, 0.2) is 0 Å². The molecule has 0 fully saturated rings. The summed E-state index contributed by atoms with van der Waals surface area (Å²) in [5.74, 6) is 6.50. The van der Waals surface area contributed by atoms with Gasteiger partial charge in [-0.3, -0.25) is 4.90 Å². The number of rotatable bonds is 5. The van der Waals surface area contributed by atoms with Gasteiger partial charge in [-0.15, -0.1) is 5.92 Å². The first kappa shape index (κ1) is 12.5. The molecule has 1 atom stereocenters. The van der Waals surface area contributed by atoms with Crippen molar-refractivity contribution in [1.29, 1.82) is 0 Å². The van der Waals surface area contributed by atoms with Crippen LogP contribution in [0, 0.1) is 17.8 Å². The molecule has 0 rings (SSSR count). The topological polar surface area (TPSA) is 29.3 Å². The number of nitrogens with two attached hydrogens (primary N) is 1. The fourth-order valence-corrected chi connectivity index (χ4v) is 0.996. The molecule has 0 heterocycles. The van der Waals surface area contributed by atoms with Gasteiger partial charge in [0.25, 0.3) is 0 Å². The van der Waals surface area contributed by atoms with E-state index in [2.05, 4.69) is 37.6 Å². The molecular weight excluding hydrogens is 160 g/mol. The summed E-state index contributed by atoms with van der Waals surface area (Å²) in [4.78, 5) is 2.21. The summed E-state index contributed by atoms with van der Waals surface area (Å²) >= 11 is 0. The van der Waals surface area contributed by atoms with Crippen molar-refractivity contribution >= 4 is 0 Å². The minimum Gasteiger partial charge on any atom is -0.327 e. The van der Waals surface area contributed by atoms with E-state index >= 15 is 0 Å². The minimum absolute atomic E-state index is 0.317. The predicted molar refractivity (Wildman–Crippen MR) is 58.4 cm³/mol. The lowest BCUT2D eigenvalue weighted by molar-refractivity contribution is 0.331. The van der Waals surface area contributed by atoms with Crippen LogP contribution in [0.3, 0.4) is 0 Å². The summed E-state index contributed by atoms with van der Waals surface area (Å²) in [5.41, 5.74) is 5.93. The molecule has 0 radical (unpaired) electrons. The Labute approximate surface area is 82.5 Å². The summed E-state index contributed by atoms with van der Waals surface area (Å²) in [6, 6.07) is 0.317. The molecule has 0 spiro atoms. The lowest BCUT2D eigenvalue weighted by Gasteiger charge is -2.19. The van der Waals surface area contributed by atoms with Crippen molar-refractivity contribution in [2.75, 3.05) is 20.1 Å². The Morgan fingerprint density at radius 3 is 2.46 bits per heavy atom. The van der Waals surface area contributed by atoms with E-state index in [0.29, 0.717) is 12.0 Å². The molecule has 0 aromatic carbocycles. The lowest BCUT2D eigenvalue weighted by atomic mass is 10.0. The molecule has 0 saturated heterocycles. The highest BCUT2D eigenvalue weighted by molar-refractivity contribution is 4.97. The van der Waals surface area contributed by atoms with E-state index in [4.69, 9.17) is 5.73 Å². The first-order valence-corrected chi connectivity index (χ1v) is 4.91. The molecule has 0 aliphatic rings. The van der Waals surface area contributed by atoms with Crippen molar-refractivity contribution in [3.05, 3.63) is 0 Å². The van der Waals surface area contributed by atoms with Crippen LogP contribution in [0.2, 0.25) is 0 Å². The molecule has 0 aliphatic heterocycles. The van der Waals surface area contributed by atoms with E-state index in [0.717, 1.165) is 19.5 Å². The highest BCUT2D eigenvalue weighted by atomic mass is 15.1. The summed E-state index contributed by atoms with van der Waals surface area (Å²) < 4.78 is 0. The molecule has 0 aromatic heterocycles. The van der Waals surface area contributed by atoms with Gasteiger partial charge in [-0.05, 0) is 26.3 Å². The molecular formula is C11H22N2. The highest BCUT2D eigenvalue weighted by Gasteiger charge is 2.07. The van der Waals surface area contributed by atoms with Crippen molar-refractivity contribution in [2.24, 2.45) is 11.7 Å². The Kier molecular flexibility index (Phi) is 6.66. The fraction of sp³-hybridized carbons (Fsp3) is 0.818. The smallest absolute Gasteiger partial charge is 0.0598 e. The summed E-state index contributed by atoms with van der Waals surface area (Å²) in [6.07, 6.45) is 1.06. The standard InChI is InChI=1S/C11H22N2/c1-5-6-8-13(4)9-7-11(12)10(2)3/h10-11H,7-9,12H2,1-4H3. The molecule has 0 aliphatic carbocycles. The van der Waals surface area contributed by atoms with Crippen LogP contribution in [-0.4, -0.2) is 31.1 Å². The molecule has 0 bridgehead atoms. The van der Waals surface area contributed by atoms with Crippen LogP contribution in [0.5, 0.6) is 0 Å². The highest BCUT2D eigenvalue weighted by Crippen LogP contribution is 2.02. The summed E-state index contributed by atoms with van der Waals surface area (Å²) in [5, 5.41) is 0. The van der Waals surface area contributed by atoms with E-state index in [-0.39, 0.29) is 0 Å². The van der Waals surface area contributed by atoms with Crippen LogP contribution in [0.4, 0.5) is 0 Å². The van der Waals surface area contributed by atoms with Gasteiger partial charge in [0.2, 0.25) is 0 Å². The zero-order valence-electron chi connectivity index (χ0n) is 9.30. The Bertz CT molecular complexity index is 176. The average Bonchev–Trinajstić information content (AvgIpc) is 2.10. The molecule has 76 valence electrons. The van der Waals surface area contributed by atoms with E-state index in [9.17, 15) is 0 Å². The van der Waals surface area contributed by atoms with Crippen molar-refractivity contribution in [2.45, 2.75) is 33.2 Å². The second-order valence-electron chi connectivity index (χ2n) is 3.86. The van der Waals surface area contributed by atoms with E-state index in [1.165, 1.54) is 0 Å². The van der Waals surface area contributed by atoms with Gasteiger partial charge in [0, 0.05) is 12.6 Å². The second-order valence-corrected chi connectivity index (χ2v) is 3.86. The third-order valence-corrected chi connectivity index (χ3v) is 2.23. The van der Waals surface area contributed by atoms with Crippen molar-refractivity contribution in [1.82, 2.24) is 4.90 Å². The van der Waals surface area contributed by atoms with Gasteiger partial charge in [-0.25, -0.2) is 0 Å². The molecule has 2 N–H and O–H groups in total. The van der Waals surface area contributed by atoms with Crippen LogP contribution in [0.25, 0.3) is 0 Å². The average molecular weight is 182 g/mol. The number of nitrogens with zero attached hydrogens (tertiary/aromatic N) is 1. The SMILES string of the molecule is CC#CCN(C)CCC(N)C(C)C. The fourth-order valence-electron chi connectivity index (χ4n) is 0.996. The van der Waals surface area contributed by atoms with Gasteiger partial charge in [-0.2, -0.15) is 0 Å². The zero-order valence-corrected chi connectivity index (χ0v) is 9.30. The lowest BCUT2D eigenvalue weighted by Crippen LogP contribution is -2.32. The monoisotopic (exact) mass is 182 g/mol. The van der Waals surface area contributed by atoms with Crippen molar-refractivity contribution < 1.29 is 0 Å². The first-order chi connectivity index (χ1) is 6.07. The van der Waals surface area contributed by atoms with E-state index in [1.807, 2.05) is 6.92 Å². The van der Waals surface area contributed by atoms with Crippen LogP contribution in [0.1, 0.15) is 27.2 Å². The Morgan fingerprint density at radius 1 is 1.38 bits per heavy atom. The van der Waals surface area contributed by atoms with Gasteiger partial charge in [0.15, 0.2) is 0 Å². The minimum atomic E-state index is 0.317. The molecule has 0 amide bonds. The maximum Gasteiger partial charge on any atom is 0.0598 e. The molecule has 0 saturated carbocycles. The summed E-state index contributed by atoms with van der Waals surface area (Å²) in [7, 11) is 2.08. The van der Waals surface area contributed by atoms with Crippen molar-refractivity contribution in [3.63, 3.8) is 0 Å². The molecule has 13 heavy (non-hydrogen) atoms. The largest absolute Gasteiger partial charge is 0.327 e.